The number of nitrogens with zero attached hydrogens (tertiary/aromatic N) is 3. The number of benzene rings is 2. The largest absolute Gasteiger partial charge is 0.379 e. The van der Waals surface area contributed by atoms with Crippen molar-refractivity contribution in [2.45, 2.75) is 30.5 Å². The van der Waals surface area contributed by atoms with Crippen LogP contribution in [0.1, 0.15) is 29.0 Å². The molecule has 0 unspecified atom stereocenters. The van der Waals surface area contributed by atoms with E-state index in [2.05, 4.69) is 15.5 Å². The third-order valence-electron chi connectivity index (χ3n) is 5.78. The molecule has 1 saturated heterocycles. The van der Waals surface area contributed by atoms with Crippen molar-refractivity contribution >= 4 is 40.2 Å². The number of amides is 2. The molecule has 1 aromatic heterocycles. The van der Waals surface area contributed by atoms with Crippen LogP contribution >= 0.6 is 11.8 Å². The van der Waals surface area contributed by atoms with Crippen molar-refractivity contribution < 1.29 is 14.3 Å². The van der Waals surface area contributed by atoms with Crippen LogP contribution < -0.4 is 10.6 Å². The molecule has 2 aromatic carbocycles. The normalized spacial score (nSPS) is 16.4. The van der Waals surface area contributed by atoms with Crippen molar-refractivity contribution in [2.24, 2.45) is 0 Å². The number of hydrogen-bond donors (Lipinski definition) is 2. The summed E-state index contributed by atoms with van der Waals surface area (Å²) in [5.74, 6) is 0.580. The van der Waals surface area contributed by atoms with Gasteiger partial charge in [0.2, 0.25) is 5.91 Å². The van der Waals surface area contributed by atoms with Gasteiger partial charge in [0.25, 0.3) is 5.91 Å². The minimum absolute atomic E-state index is 0.152. The van der Waals surface area contributed by atoms with E-state index in [0.29, 0.717) is 17.8 Å². The van der Waals surface area contributed by atoms with Crippen molar-refractivity contribution in [1.82, 2.24) is 20.2 Å². The molecule has 2 heterocycles. The first-order chi connectivity index (χ1) is 16.7. The maximum absolute atomic E-state index is 12.8. The number of nitrogens with one attached hydrogen (secondary N) is 2. The van der Waals surface area contributed by atoms with Crippen molar-refractivity contribution in [2.75, 3.05) is 37.4 Å². The average molecular weight is 478 g/mol. The van der Waals surface area contributed by atoms with Crippen molar-refractivity contribution in [3.63, 3.8) is 0 Å². The van der Waals surface area contributed by atoms with E-state index in [1.807, 2.05) is 30.3 Å². The zero-order valence-corrected chi connectivity index (χ0v) is 19.6. The van der Waals surface area contributed by atoms with E-state index < -0.39 is 0 Å². The van der Waals surface area contributed by atoms with Gasteiger partial charge < -0.3 is 15.4 Å². The molecule has 1 aliphatic heterocycles. The SMILES string of the molecule is O=C(CSc1nc(CN2CCOCC2)nc2ccccc12)Nc1ccccc1C(=O)NC1CC1. The van der Waals surface area contributed by atoms with Crippen LogP contribution in [0.15, 0.2) is 53.6 Å². The van der Waals surface area contributed by atoms with Crippen LogP contribution in [0.2, 0.25) is 0 Å². The molecule has 2 N–H and O–H groups in total. The summed E-state index contributed by atoms with van der Waals surface area (Å²) in [6.45, 7) is 3.80. The van der Waals surface area contributed by atoms with E-state index in [1.165, 1.54) is 11.8 Å². The Kier molecular flexibility index (Phi) is 7.03. The molecule has 2 aliphatic rings. The minimum Gasteiger partial charge on any atom is -0.379 e. The molecule has 5 rings (SSSR count). The number of rotatable bonds is 8. The van der Waals surface area contributed by atoms with E-state index in [9.17, 15) is 9.59 Å². The van der Waals surface area contributed by atoms with Crippen LogP contribution in [0, 0.1) is 0 Å². The van der Waals surface area contributed by atoms with Gasteiger partial charge in [-0.1, -0.05) is 42.1 Å². The molecule has 2 amide bonds. The number of anilines is 1. The molecule has 0 atom stereocenters. The molecule has 2 fully saturated rings. The number of morpholine rings is 1. The molecular formula is C25H27N5O3S. The second-order valence-corrected chi connectivity index (χ2v) is 9.44. The van der Waals surface area contributed by atoms with Crippen molar-refractivity contribution in [3.05, 3.63) is 59.9 Å². The first-order valence-corrected chi connectivity index (χ1v) is 12.5. The summed E-state index contributed by atoms with van der Waals surface area (Å²) in [4.78, 5) is 37.1. The van der Waals surface area contributed by atoms with Gasteiger partial charge in [0.15, 0.2) is 0 Å². The summed E-state index contributed by atoms with van der Waals surface area (Å²) < 4.78 is 5.43. The molecule has 0 bridgehead atoms. The summed E-state index contributed by atoms with van der Waals surface area (Å²) in [6.07, 6.45) is 2.02. The predicted molar refractivity (Wildman–Crippen MR) is 132 cm³/mol. The van der Waals surface area contributed by atoms with E-state index in [0.717, 1.165) is 60.9 Å². The first-order valence-electron chi connectivity index (χ1n) is 11.5. The second kappa shape index (κ2) is 10.5. The predicted octanol–water partition coefficient (Wildman–Crippen LogP) is 3.09. The third-order valence-corrected chi connectivity index (χ3v) is 6.77. The molecule has 1 aliphatic carbocycles. The van der Waals surface area contributed by atoms with Gasteiger partial charge >= 0.3 is 0 Å². The Morgan fingerprint density at radius 3 is 2.62 bits per heavy atom. The quantitative estimate of drug-likeness (QED) is 0.380. The number of carbonyl (C=O) groups excluding carboxylic acids is 2. The summed E-state index contributed by atoms with van der Waals surface area (Å²) in [5, 5.41) is 7.58. The summed E-state index contributed by atoms with van der Waals surface area (Å²) in [6, 6.07) is 15.2. The average Bonchev–Trinajstić information content (AvgIpc) is 3.67. The van der Waals surface area contributed by atoms with Crippen molar-refractivity contribution in [3.8, 4) is 0 Å². The lowest BCUT2D eigenvalue weighted by molar-refractivity contribution is -0.113. The van der Waals surface area contributed by atoms with E-state index in [-0.39, 0.29) is 23.6 Å². The summed E-state index contributed by atoms with van der Waals surface area (Å²) in [5.41, 5.74) is 1.87. The zero-order chi connectivity index (χ0) is 23.3. The second-order valence-electron chi connectivity index (χ2n) is 8.48. The summed E-state index contributed by atoms with van der Waals surface area (Å²) >= 11 is 1.38. The standard InChI is InChI=1S/C25H27N5O3S/c31-23(28-20-7-3-1-5-18(20)24(32)26-17-9-10-17)16-34-25-19-6-2-4-8-21(19)27-22(29-25)15-30-11-13-33-14-12-30/h1-8,17H,9-16H2,(H,26,32)(H,28,31). The number of ether oxygens (including phenoxy) is 1. The number of fused-ring (bicyclic) bond motifs is 1. The molecule has 0 spiro atoms. The van der Waals surface area contributed by atoms with Gasteiger partial charge in [-0.2, -0.15) is 0 Å². The van der Waals surface area contributed by atoms with Gasteiger partial charge in [0.1, 0.15) is 10.9 Å². The van der Waals surface area contributed by atoms with E-state index in [1.54, 1.807) is 18.2 Å². The Morgan fingerprint density at radius 2 is 1.79 bits per heavy atom. The van der Waals surface area contributed by atoms with E-state index >= 15 is 0 Å². The fraction of sp³-hybridized carbons (Fsp3) is 0.360. The minimum atomic E-state index is -0.186. The van der Waals surface area contributed by atoms with Gasteiger partial charge in [-0.25, -0.2) is 9.97 Å². The number of carbonyl (C=O) groups is 2. The van der Waals surface area contributed by atoms with Gasteiger partial charge in [-0.15, -0.1) is 0 Å². The highest BCUT2D eigenvalue weighted by Crippen LogP contribution is 2.26. The highest BCUT2D eigenvalue weighted by Gasteiger charge is 2.25. The maximum Gasteiger partial charge on any atom is 0.253 e. The number of thioether (sulfide) groups is 1. The Morgan fingerprint density at radius 1 is 1.03 bits per heavy atom. The highest BCUT2D eigenvalue weighted by molar-refractivity contribution is 8.00. The van der Waals surface area contributed by atoms with Crippen LogP contribution in [-0.2, 0) is 16.1 Å². The number of aromatic nitrogens is 2. The van der Waals surface area contributed by atoms with Crippen LogP contribution in [0.3, 0.4) is 0 Å². The molecule has 176 valence electrons. The smallest absolute Gasteiger partial charge is 0.253 e. The summed E-state index contributed by atoms with van der Waals surface area (Å²) in [7, 11) is 0. The van der Waals surface area contributed by atoms with Crippen LogP contribution in [-0.4, -0.2) is 64.8 Å². The maximum atomic E-state index is 12.8. The fourth-order valence-electron chi connectivity index (χ4n) is 3.83. The van der Waals surface area contributed by atoms with Gasteiger partial charge in [0.05, 0.1) is 42.3 Å². The third kappa shape index (κ3) is 5.72. The van der Waals surface area contributed by atoms with Crippen LogP contribution in [0.5, 0.6) is 0 Å². The Bertz CT molecular complexity index is 1190. The molecule has 34 heavy (non-hydrogen) atoms. The van der Waals surface area contributed by atoms with Crippen molar-refractivity contribution in [1.29, 1.82) is 0 Å². The molecule has 8 nitrogen and oxygen atoms in total. The Hall–Kier alpha value is -3.01. The number of hydrogen-bond acceptors (Lipinski definition) is 7. The lowest BCUT2D eigenvalue weighted by atomic mass is 10.1. The van der Waals surface area contributed by atoms with Crippen LogP contribution in [0.4, 0.5) is 5.69 Å². The van der Waals surface area contributed by atoms with E-state index in [4.69, 9.17) is 14.7 Å². The fourth-order valence-corrected chi connectivity index (χ4v) is 4.67. The lowest BCUT2D eigenvalue weighted by Crippen LogP contribution is -2.36. The number of para-hydroxylation sites is 2. The van der Waals surface area contributed by atoms with Gasteiger partial charge in [0, 0.05) is 24.5 Å². The Balaban J connectivity index is 1.28. The molecule has 1 saturated carbocycles. The Labute approximate surface area is 202 Å². The molecule has 3 aromatic rings. The molecule has 0 radical (unpaired) electrons. The highest BCUT2D eigenvalue weighted by atomic mass is 32.2. The monoisotopic (exact) mass is 477 g/mol. The molecule has 9 heteroatoms. The van der Waals surface area contributed by atoms with Crippen LogP contribution in [0.25, 0.3) is 10.9 Å². The topological polar surface area (TPSA) is 96.5 Å². The lowest BCUT2D eigenvalue weighted by Gasteiger charge is -2.25. The zero-order valence-electron chi connectivity index (χ0n) is 18.8. The first kappa shape index (κ1) is 22.8. The van der Waals surface area contributed by atoms with Gasteiger partial charge in [-0.3, -0.25) is 14.5 Å². The molecular weight excluding hydrogens is 450 g/mol. The van der Waals surface area contributed by atoms with Gasteiger partial charge in [-0.05, 0) is 31.0 Å².